The van der Waals surface area contributed by atoms with Gasteiger partial charge in [-0.1, -0.05) is 31.2 Å². The quantitative estimate of drug-likeness (QED) is 0.247. The molecule has 0 aromatic heterocycles. The predicted molar refractivity (Wildman–Crippen MR) is 170 cm³/mol. The Bertz CT molecular complexity index is 1230. The van der Waals surface area contributed by atoms with Gasteiger partial charge in [-0.3, -0.25) is 19.3 Å². The normalized spacial score (nSPS) is 17.1. The molecule has 2 fully saturated rings. The van der Waals surface area contributed by atoms with Crippen LogP contribution >= 0.6 is 0 Å². The highest BCUT2D eigenvalue weighted by Crippen LogP contribution is 2.25. The molecule has 1 atom stereocenters. The first kappa shape index (κ1) is 31.5. The number of piperidine rings is 1. The summed E-state index contributed by atoms with van der Waals surface area (Å²) >= 11 is 0. The van der Waals surface area contributed by atoms with E-state index in [4.69, 9.17) is 0 Å². The Balaban J connectivity index is 1.27. The van der Waals surface area contributed by atoms with E-state index in [-0.39, 0.29) is 11.7 Å². The van der Waals surface area contributed by atoms with E-state index in [1.54, 1.807) is 17.9 Å². The topological polar surface area (TPSA) is 64.2 Å². The van der Waals surface area contributed by atoms with E-state index >= 15 is 0 Å². The van der Waals surface area contributed by atoms with Gasteiger partial charge in [0.1, 0.15) is 0 Å². The van der Waals surface area contributed by atoms with E-state index < -0.39 is 6.04 Å². The number of hydrogen-bond donors (Lipinski definition) is 0. The number of amides is 2. The highest BCUT2D eigenvalue weighted by atomic mass is 16.2. The third-order valence-corrected chi connectivity index (χ3v) is 9.07. The van der Waals surface area contributed by atoms with Crippen molar-refractivity contribution in [2.24, 2.45) is 5.92 Å². The van der Waals surface area contributed by atoms with Crippen LogP contribution in [0.4, 0.5) is 5.69 Å². The van der Waals surface area contributed by atoms with Crippen molar-refractivity contribution < 1.29 is 14.4 Å². The van der Waals surface area contributed by atoms with Crippen molar-refractivity contribution in [3.8, 4) is 0 Å². The fourth-order valence-corrected chi connectivity index (χ4v) is 6.30. The number of anilines is 1. The van der Waals surface area contributed by atoms with Gasteiger partial charge in [0.15, 0.2) is 5.78 Å². The molecule has 7 heteroatoms. The number of carbonyl (C=O) groups is 3. The number of aryl methyl sites for hydroxylation is 2. The first-order valence-corrected chi connectivity index (χ1v) is 15.6. The van der Waals surface area contributed by atoms with Crippen molar-refractivity contribution in [3.63, 3.8) is 0 Å². The van der Waals surface area contributed by atoms with Crippen LogP contribution in [0.1, 0.15) is 66.6 Å². The molecule has 0 spiro atoms. The Kier molecular flexibility index (Phi) is 11.4. The van der Waals surface area contributed by atoms with Gasteiger partial charge in [-0.05, 0) is 92.8 Å². The Hall–Kier alpha value is -3.45. The molecule has 7 nitrogen and oxygen atoms in total. The molecule has 42 heavy (non-hydrogen) atoms. The van der Waals surface area contributed by atoms with E-state index in [2.05, 4.69) is 54.5 Å². The Morgan fingerprint density at radius 2 is 1.79 bits per heavy atom. The number of likely N-dealkylation sites (tertiary alicyclic amines) is 1. The average molecular weight is 573 g/mol. The van der Waals surface area contributed by atoms with E-state index in [1.165, 1.54) is 11.3 Å². The van der Waals surface area contributed by atoms with Crippen LogP contribution in [0.15, 0.2) is 55.1 Å². The fraction of sp³-hybridized carbons (Fsp3) is 0.514. The van der Waals surface area contributed by atoms with Crippen LogP contribution in [0.5, 0.6) is 0 Å². The summed E-state index contributed by atoms with van der Waals surface area (Å²) in [5.41, 5.74) is 5.40. The van der Waals surface area contributed by atoms with E-state index in [0.717, 1.165) is 88.2 Å². The first-order chi connectivity index (χ1) is 20.3. The van der Waals surface area contributed by atoms with Crippen molar-refractivity contribution in [2.45, 2.75) is 65.5 Å². The SMILES string of the molecule is C=CCCC(C(C)=O)N(C=O)Cc1cc(N2CCN(CC3CCN(C(=O)c4cccc(CC)c4)CC3)CC2)ccc1C. The number of nitrogens with zero attached hydrogens (tertiary/aromatic N) is 4. The molecular weight excluding hydrogens is 524 g/mol. The molecule has 0 radical (unpaired) electrons. The van der Waals surface area contributed by atoms with Crippen molar-refractivity contribution in [2.75, 3.05) is 50.7 Å². The average Bonchev–Trinajstić information content (AvgIpc) is 3.01. The number of carbonyl (C=O) groups excluding carboxylic acids is 3. The molecule has 2 aliphatic heterocycles. The van der Waals surface area contributed by atoms with Crippen LogP contribution in [0.2, 0.25) is 0 Å². The molecule has 2 heterocycles. The second-order valence-electron chi connectivity index (χ2n) is 12.0. The zero-order valence-corrected chi connectivity index (χ0v) is 25.8. The lowest BCUT2D eigenvalue weighted by molar-refractivity contribution is -0.131. The van der Waals surface area contributed by atoms with Gasteiger partial charge in [0.25, 0.3) is 5.91 Å². The second kappa shape index (κ2) is 15.1. The summed E-state index contributed by atoms with van der Waals surface area (Å²) in [5.74, 6) is 0.797. The van der Waals surface area contributed by atoms with Crippen LogP contribution in [0.3, 0.4) is 0 Å². The van der Waals surface area contributed by atoms with Gasteiger partial charge in [-0.2, -0.15) is 0 Å². The van der Waals surface area contributed by atoms with Gasteiger partial charge in [0.2, 0.25) is 6.41 Å². The highest BCUT2D eigenvalue weighted by Gasteiger charge is 2.27. The van der Waals surface area contributed by atoms with Gasteiger partial charge in [0, 0.05) is 63.6 Å². The third-order valence-electron chi connectivity index (χ3n) is 9.07. The van der Waals surface area contributed by atoms with Crippen molar-refractivity contribution in [3.05, 3.63) is 77.4 Å². The van der Waals surface area contributed by atoms with Crippen molar-refractivity contribution in [1.29, 1.82) is 0 Å². The van der Waals surface area contributed by atoms with Gasteiger partial charge < -0.3 is 14.7 Å². The molecule has 4 rings (SSSR count). The molecule has 1 unspecified atom stereocenters. The van der Waals surface area contributed by atoms with Crippen LogP contribution in [0.25, 0.3) is 0 Å². The summed E-state index contributed by atoms with van der Waals surface area (Å²) in [6, 6.07) is 14.1. The summed E-state index contributed by atoms with van der Waals surface area (Å²) in [4.78, 5) is 45.9. The minimum Gasteiger partial charge on any atom is -0.369 e. The molecule has 226 valence electrons. The van der Waals surface area contributed by atoms with Gasteiger partial charge >= 0.3 is 0 Å². The molecule has 2 aromatic rings. The van der Waals surface area contributed by atoms with Crippen molar-refractivity contribution in [1.82, 2.24) is 14.7 Å². The van der Waals surface area contributed by atoms with Crippen LogP contribution in [0, 0.1) is 12.8 Å². The Morgan fingerprint density at radius 1 is 1.05 bits per heavy atom. The maximum atomic E-state index is 13.0. The molecule has 0 bridgehead atoms. The molecule has 0 N–H and O–H groups in total. The standard InChI is InChI=1S/C35H48N4O3/c1-5-7-11-34(28(4)41)39(26-40)25-32-23-33(13-12-27(32)3)37-20-18-36(19-21-37)24-30-14-16-38(17-15-30)35(42)31-10-8-9-29(6-2)22-31/h5,8-10,12-13,22-23,26,30,34H,1,6-7,11,14-21,24-25H2,2-4H3. The first-order valence-electron chi connectivity index (χ1n) is 15.6. The molecule has 0 saturated carbocycles. The molecule has 0 aliphatic carbocycles. The number of allylic oxidation sites excluding steroid dienone is 1. The zero-order valence-electron chi connectivity index (χ0n) is 25.8. The van der Waals surface area contributed by atoms with Gasteiger partial charge in [0.05, 0.1) is 6.04 Å². The maximum Gasteiger partial charge on any atom is 0.253 e. The Morgan fingerprint density at radius 3 is 2.43 bits per heavy atom. The van der Waals surface area contributed by atoms with E-state index in [9.17, 15) is 14.4 Å². The third kappa shape index (κ3) is 8.09. The van der Waals surface area contributed by atoms with Gasteiger partial charge in [-0.15, -0.1) is 6.58 Å². The number of benzene rings is 2. The van der Waals surface area contributed by atoms with Crippen LogP contribution < -0.4 is 4.90 Å². The fourth-order valence-electron chi connectivity index (χ4n) is 6.30. The van der Waals surface area contributed by atoms with Crippen LogP contribution in [-0.4, -0.2) is 84.7 Å². The lowest BCUT2D eigenvalue weighted by atomic mass is 9.95. The summed E-state index contributed by atoms with van der Waals surface area (Å²) < 4.78 is 0. The molecule has 2 amide bonds. The minimum absolute atomic E-state index is 0.00733. The molecule has 2 aromatic carbocycles. The minimum atomic E-state index is -0.427. The second-order valence-corrected chi connectivity index (χ2v) is 12.0. The lowest BCUT2D eigenvalue weighted by Gasteiger charge is -2.40. The maximum absolute atomic E-state index is 13.0. The summed E-state index contributed by atoms with van der Waals surface area (Å²) in [6.07, 6.45) is 6.96. The molecule has 2 aliphatic rings. The molecular formula is C35H48N4O3. The molecule has 2 saturated heterocycles. The van der Waals surface area contributed by atoms with Gasteiger partial charge in [-0.25, -0.2) is 0 Å². The number of piperazine rings is 1. The smallest absolute Gasteiger partial charge is 0.253 e. The van der Waals surface area contributed by atoms with E-state index in [0.29, 0.717) is 25.3 Å². The predicted octanol–water partition coefficient (Wildman–Crippen LogP) is 5.11. The summed E-state index contributed by atoms with van der Waals surface area (Å²) in [5, 5.41) is 0. The number of Topliss-reactive ketones (excluding diaryl/α,β-unsaturated/α-hetero) is 1. The monoisotopic (exact) mass is 572 g/mol. The highest BCUT2D eigenvalue weighted by molar-refractivity contribution is 5.94. The summed E-state index contributed by atoms with van der Waals surface area (Å²) in [6.45, 7) is 16.6. The number of ketones is 1. The van der Waals surface area contributed by atoms with Crippen LogP contribution in [-0.2, 0) is 22.6 Å². The number of hydrogen-bond acceptors (Lipinski definition) is 5. The zero-order chi connectivity index (χ0) is 30.1. The summed E-state index contributed by atoms with van der Waals surface area (Å²) in [7, 11) is 0. The largest absolute Gasteiger partial charge is 0.369 e. The van der Waals surface area contributed by atoms with Crippen molar-refractivity contribution >= 4 is 23.8 Å². The number of rotatable bonds is 13. The lowest BCUT2D eigenvalue weighted by Crippen LogP contribution is -2.49. The van der Waals surface area contributed by atoms with E-state index in [1.807, 2.05) is 23.1 Å². The Labute approximate surface area is 252 Å².